The fourth-order valence-corrected chi connectivity index (χ4v) is 4.03. The number of piperidine rings is 1. The fraction of sp³-hybridized carbons (Fsp3) is 0.600. The van der Waals surface area contributed by atoms with Gasteiger partial charge in [-0.15, -0.1) is 0 Å². The van der Waals surface area contributed by atoms with Crippen molar-refractivity contribution >= 4 is 10.0 Å². The van der Waals surface area contributed by atoms with Gasteiger partial charge in [-0.3, -0.25) is 0 Å². The first-order chi connectivity index (χ1) is 9.53. The van der Waals surface area contributed by atoms with Crippen molar-refractivity contribution in [1.29, 1.82) is 0 Å². The lowest BCUT2D eigenvalue weighted by Gasteiger charge is -2.31. The Hall–Kier alpha value is -0.910. The van der Waals surface area contributed by atoms with Gasteiger partial charge in [0.25, 0.3) is 0 Å². The summed E-state index contributed by atoms with van der Waals surface area (Å²) in [7, 11) is -3.37. The van der Waals surface area contributed by atoms with Gasteiger partial charge in [0.05, 0.1) is 4.90 Å². The molecule has 4 nitrogen and oxygen atoms in total. The molecule has 1 aliphatic rings. The van der Waals surface area contributed by atoms with Gasteiger partial charge in [0.15, 0.2) is 0 Å². The minimum absolute atomic E-state index is 0.394. The van der Waals surface area contributed by atoms with Crippen LogP contribution in [-0.2, 0) is 10.0 Å². The lowest BCUT2D eigenvalue weighted by atomic mass is 9.97. The van der Waals surface area contributed by atoms with Gasteiger partial charge >= 0.3 is 0 Å². The summed E-state index contributed by atoms with van der Waals surface area (Å²) in [4.78, 5) is 2.80. The molecule has 1 heterocycles. The highest BCUT2D eigenvalue weighted by molar-refractivity contribution is 7.89. The van der Waals surface area contributed by atoms with Crippen LogP contribution in [0, 0.1) is 12.8 Å². The van der Waals surface area contributed by atoms with E-state index in [0.717, 1.165) is 38.0 Å². The first-order valence-electron chi connectivity index (χ1n) is 7.30. The second-order valence-electron chi connectivity index (χ2n) is 5.50. The van der Waals surface area contributed by atoms with Crippen LogP contribution in [0.4, 0.5) is 0 Å². The summed E-state index contributed by atoms with van der Waals surface area (Å²) in [5.74, 6) is 0.455. The van der Waals surface area contributed by atoms with Gasteiger partial charge in [-0.25, -0.2) is 13.1 Å². The van der Waals surface area contributed by atoms with Gasteiger partial charge < -0.3 is 4.90 Å². The number of hydrogen-bond donors (Lipinski definition) is 1. The van der Waals surface area contributed by atoms with Gasteiger partial charge in [-0.1, -0.05) is 25.1 Å². The molecular weight excluding hydrogens is 272 g/mol. The maximum Gasteiger partial charge on any atom is 0.240 e. The molecule has 0 aromatic heterocycles. The second kappa shape index (κ2) is 6.70. The van der Waals surface area contributed by atoms with E-state index >= 15 is 0 Å². The van der Waals surface area contributed by atoms with Crippen molar-refractivity contribution in [2.45, 2.75) is 31.6 Å². The molecule has 1 fully saturated rings. The van der Waals surface area contributed by atoms with Crippen LogP contribution in [0.3, 0.4) is 0 Å². The topological polar surface area (TPSA) is 49.4 Å². The molecule has 0 saturated carbocycles. The third-order valence-electron chi connectivity index (χ3n) is 4.10. The zero-order valence-corrected chi connectivity index (χ0v) is 13.1. The van der Waals surface area contributed by atoms with E-state index in [2.05, 4.69) is 16.5 Å². The van der Waals surface area contributed by atoms with Crippen LogP contribution in [0.25, 0.3) is 0 Å². The maximum atomic E-state index is 12.3. The normalized spacial score (nSPS) is 18.3. The Morgan fingerprint density at radius 2 is 1.90 bits per heavy atom. The minimum atomic E-state index is -3.37. The first-order valence-corrected chi connectivity index (χ1v) is 8.79. The molecule has 0 spiro atoms. The predicted octanol–water partition coefficient (Wildman–Crippen LogP) is 2.01. The molecule has 0 atom stereocenters. The van der Waals surface area contributed by atoms with Crippen molar-refractivity contribution in [2.24, 2.45) is 5.92 Å². The average molecular weight is 296 g/mol. The summed E-state index contributed by atoms with van der Waals surface area (Å²) in [5, 5.41) is 0. The predicted molar refractivity (Wildman–Crippen MR) is 81.2 cm³/mol. The van der Waals surface area contributed by atoms with E-state index in [-0.39, 0.29) is 0 Å². The van der Waals surface area contributed by atoms with E-state index < -0.39 is 10.0 Å². The van der Waals surface area contributed by atoms with Crippen LogP contribution in [0.15, 0.2) is 29.2 Å². The highest BCUT2D eigenvalue weighted by Crippen LogP contribution is 2.18. The summed E-state index contributed by atoms with van der Waals surface area (Å²) < 4.78 is 27.4. The van der Waals surface area contributed by atoms with Crippen molar-refractivity contribution in [1.82, 2.24) is 9.62 Å². The van der Waals surface area contributed by atoms with E-state index in [9.17, 15) is 8.42 Å². The van der Waals surface area contributed by atoms with E-state index in [0.29, 0.717) is 17.4 Å². The number of likely N-dealkylation sites (tertiary alicyclic amines) is 1. The number of nitrogens with one attached hydrogen (secondary N) is 1. The Morgan fingerprint density at radius 3 is 2.50 bits per heavy atom. The van der Waals surface area contributed by atoms with Crippen LogP contribution in [0.5, 0.6) is 0 Å². The zero-order chi connectivity index (χ0) is 14.6. The monoisotopic (exact) mass is 296 g/mol. The summed E-state index contributed by atoms with van der Waals surface area (Å²) in [6, 6.07) is 7.11. The lowest BCUT2D eigenvalue weighted by molar-refractivity contribution is 0.194. The summed E-state index contributed by atoms with van der Waals surface area (Å²) in [6.07, 6.45) is 2.15. The van der Waals surface area contributed by atoms with Gasteiger partial charge in [-0.2, -0.15) is 0 Å². The van der Waals surface area contributed by atoms with Crippen LogP contribution in [-0.4, -0.2) is 39.5 Å². The molecule has 0 aliphatic carbocycles. The fourth-order valence-electron chi connectivity index (χ4n) is 2.67. The maximum absolute atomic E-state index is 12.3. The molecular formula is C15H24N2O2S. The summed E-state index contributed by atoms with van der Waals surface area (Å²) in [5.41, 5.74) is 0.792. The quantitative estimate of drug-likeness (QED) is 0.904. The van der Waals surface area contributed by atoms with Crippen LogP contribution in [0.2, 0.25) is 0 Å². The largest absolute Gasteiger partial charge is 0.304 e. The Labute approximate surface area is 122 Å². The SMILES string of the molecule is CCN1CCC(CNS(=O)(=O)c2ccccc2C)CC1. The molecule has 0 unspecified atom stereocenters. The summed E-state index contributed by atoms with van der Waals surface area (Å²) in [6.45, 7) is 7.78. The highest BCUT2D eigenvalue weighted by atomic mass is 32.2. The molecule has 1 N–H and O–H groups in total. The van der Waals surface area contributed by atoms with E-state index in [1.807, 2.05) is 19.1 Å². The van der Waals surface area contributed by atoms with E-state index in [4.69, 9.17) is 0 Å². The van der Waals surface area contributed by atoms with Crippen molar-refractivity contribution in [2.75, 3.05) is 26.2 Å². The molecule has 0 amide bonds. The Bertz CT molecular complexity index is 535. The van der Waals surface area contributed by atoms with Crippen LogP contribution >= 0.6 is 0 Å². The smallest absolute Gasteiger partial charge is 0.240 e. The first kappa shape index (κ1) is 15.5. The van der Waals surface area contributed by atoms with Crippen molar-refractivity contribution in [3.05, 3.63) is 29.8 Å². The minimum Gasteiger partial charge on any atom is -0.304 e. The molecule has 20 heavy (non-hydrogen) atoms. The molecule has 2 rings (SSSR count). The molecule has 1 saturated heterocycles. The Morgan fingerprint density at radius 1 is 1.25 bits per heavy atom. The van der Waals surface area contributed by atoms with Crippen LogP contribution < -0.4 is 4.72 Å². The number of aryl methyl sites for hydroxylation is 1. The molecule has 1 aromatic carbocycles. The van der Waals surface area contributed by atoms with Crippen molar-refractivity contribution in [3.63, 3.8) is 0 Å². The number of benzene rings is 1. The molecule has 0 radical (unpaired) electrons. The lowest BCUT2D eigenvalue weighted by Crippen LogP contribution is -2.38. The van der Waals surface area contributed by atoms with E-state index in [1.54, 1.807) is 12.1 Å². The van der Waals surface area contributed by atoms with E-state index in [1.165, 1.54) is 0 Å². The Kier molecular flexibility index (Phi) is 5.18. The van der Waals surface area contributed by atoms with Crippen molar-refractivity contribution in [3.8, 4) is 0 Å². The third-order valence-corrected chi connectivity index (χ3v) is 5.68. The van der Waals surface area contributed by atoms with Gasteiger partial charge in [-0.05, 0) is 56.9 Å². The number of nitrogens with zero attached hydrogens (tertiary/aromatic N) is 1. The molecule has 1 aromatic rings. The highest BCUT2D eigenvalue weighted by Gasteiger charge is 2.21. The molecule has 5 heteroatoms. The third kappa shape index (κ3) is 3.81. The number of rotatable bonds is 5. The summed E-state index contributed by atoms with van der Waals surface area (Å²) >= 11 is 0. The number of sulfonamides is 1. The number of hydrogen-bond acceptors (Lipinski definition) is 3. The van der Waals surface area contributed by atoms with Gasteiger partial charge in [0.2, 0.25) is 10.0 Å². The zero-order valence-electron chi connectivity index (χ0n) is 12.3. The second-order valence-corrected chi connectivity index (χ2v) is 7.23. The standard InChI is InChI=1S/C15H24N2O2S/c1-3-17-10-8-14(9-11-17)12-16-20(18,19)15-7-5-4-6-13(15)2/h4-7,14,16H,3,8-12H2,1-2H3. The van der Waals surface area contributed by atoms with Crippen molar-refractivity contribution < 1.29 is 8.42 Å². The average Bonchev–Trinajstić information content (AvgIpc) is 2.46. The Balaban J connectivity index is 1.92. The molecule has 112 valence electrons. The van der Waals surface area contributed by atoms with Gasteiger partial charge in [0.1, 0.15) is 0 Å². The molecule has 1 aliphatic heterocycles. The molecule has 0 bridgehead atoms. The van der Waals surface area contributed by atoms with Gasteiger partial charge in [0, 0.05) is 6.54 Å². The van der Waals surface area contributed by atoms with Crippen LogP contribution in [0.1, 0.15) is 25.3 Å².